The summed E-state index contributed by atoms with van der Waals surface area (Å²) >= 11 is 0. The number of hydrogen-bond donors (Lipinski definition) is 8. The molecular weight excluding hydrogens is 722 g/mol. The fourth-order valence-electron chi connectivity index (χ4n) is 7.41. The van der Waals surface area contributed by atoms with Crippen LogP contribution in [0, 0.1) is 13.8 Å². The van der Waals surface area contributed by atoms with E-state index >= 15 is 0 Å². The lowest BCUT2D eigenvalue weighted by atomic mass is 9.96. The highest BCUT2D eigenvalue weighted by atomic mass is 16.5. The molecule has 56 heavy (non-hydrogen) atoms. The Labute approximate surface area is 325 Å². The Morgan fingerprint density at radius 2 is 1.57 bits per heavy atom. The lowest BCUT2D eigenvalue weighted by Gasteiger charge is -2.28. The third kappa shape index (κ3) is 8.59. The molecule has 8 bridgehead atoms. The Morgan fingerprint density at radius 1 is 0.911 bits per heavy atom. The average molecular weight is 778 g/mol. The number of rotatable bonds is 15. The number of aromatic amines is 2. The molecule has 1 amide bonds. The van der Waals surface area contributed by atoms with E-state index in [0.29, 0.717) is 41.1 Å². The Bertz CT molecular complexity index is 2140. The quantitative estimate of drug-likeness (QED) is 0.0821. The third-order valence-electron chi connectivity index (χ3n) is 11.0. The van der Waals surface area contributed by atoms with Crippen molar-refractivity contribution >= 4 is 45.1 Å². The minimum Gasteiger partial charge on any atom is -0.465 e. The van der Waals surface area contributed by atoms with Gasteiger partial charge in [-0.2, -0.15) is 0 Å². The largest absolute Gasteiger partial charge is 0.465 e. The molecule has 2 aliphatic heterocycles. The molecule has 0 fully saturated rings. The van der Waals surface area contributed by atoms with E-state index in [4.69, 9.17) is 24.5 Å². The SMILES string of the molecule is CCc1c(C)c2cc3[nH]c(cc4nc(c(CC(=O)N(C)CCCOC(CO)C(O)C(O)C(O)CO)c5nc(cc1[nH]2)C(C)=C5C(=O)OC)CC4C)c(C)c3CO. The van der Waals surface area contributed by atoms with Crippen molar-refractivity contribution in [1.29, 1.82) is 0 Å². The molecule has 0 spiro atoms. The number of methoxy groups -OCH3 is 1. The molecule has 5 heterocycles. The van der Waals surface area contributed by atoms with Gasteiger partial charge in [0.15, 0.2) is 0 Å². The van der Waals surface area contributed by atoms with Crippen LogP contribution in [-0.4, -0.2) is 132 Å². The number of allylic oxidation sites excluding steroid dienone is 1. The maximum absolute atomic E-state index is 14.0. The molecule has 15 heteroatoms. The number of carbonyl (C=O) groups excluding carboxylic acids is 2. The minimum atomic E-state index is -1.73. The number of carbonyl (C=O) groups is 2. The Morgan fingerprint density at radius 3 is 2.20 bits per heavy atom. The number of H-pyrrole nitrogens is 2. The molecule has 8 N–H and O–H groups in total. The monoisotopic (exact) mass is 777 g/mol. The Kier molecular flexibility index (Phi) is 13.9. The van der Waals surface area contributed by atoms with Crippen LogP contribution in [0.2, 0.25) is 0 Å². The van der Waals surface area contributed by atoms with Crippen molar-refractivity contribution in [2.24, 2.45) is 0 Å². The van der Waals surface area contributed by atoms with Gasteiger partial charge in [0, 0.05) is 70.7 Å². The molecule has 15 nitrogen and oxygen atoms in total. The van der Waals surface area contributed by atoms with Crippen LogP contribution in [0.5, 0.6) is 0 Å². The summed E-state index contributed by atoms with van der Waals surface area (Å²) in [6, 6.07) is 5.88. The van der Waals surface area contributed by atoms with E-state index in [1.165, 1.54) is 12.0 Å². The van der Waals surface area contributed by atoms with E-state index in [1.807, 2.05) is 45.9 Å². The van der Waals surface area contributed by atoms with Crippen molar-refractivity contribution in [1.82, 2.24) is 24.8 Å². The summed E-state index contributed by atoms with van der Waals surface area (Å²) in [5, 5.41) is 59.2. The van der Waals surface area contributed by atoms with Gasteiger partial charge in [0.05, 0.1) is 50.3 Å². The van der Waals surface area contributed by atoms with Crippen LogP contribution in [0.1, 0.15) is 83.7 Å². The fraction of sp³-hybridized carbons (Fsp3) is 0.512. The van der Waals surface area contributed by atoms with E-state index in [2.05, 4.69) is 16.9 Å². The standard InChI is InChI=1S/C41H55N5O10/c1-8-24-21(3)29-15-33-26(17-47)22(4)28(44-33)14-27-20(2)12-31(42-27)25(38-37(41(54)55-7)23(5)30(45-38)16-32(24)43-29)13-36(51)46(6)10-9-11-56-35(19-49)40(53)39(52)34(50)18-48/h14-16,20,34-35,39-40,43-44,47-50,52-53H,8-13,17-19H2,1-7H3. The molecule has 3 aromatic rings. The van der Waals surface area contributed by atoms with Crippen LogP contribution < -0.4 is 0 Å². The topological polar surface area (TPSA) is 235 Å². The van der Waals surface area contributed by atoms with Crippen LogP contribution in [-0.2, 0) is 44.9 Å². The van der Waals surface area contributed by atoms with Gasteiger partial charge in [-0.3, -0.25) is 9.78 Å². The first kappa shape index (κ1) is 42.7. The van der Waals surface area contributed by atoms with Crippen LogP contribution >= 0.6 is 0 Å². The van der Waals surface area contributed by atoms with E-state index in [1.54, 1.807) is 7.05 Å². The molecule has 5 unspecified atom stereocenters. The summed E-state index contributed by atoms with van der Waals surface area (Å²) in [6.07, 6.45) is -4.87. The summed E-state index contributed by atoms with van der Waals surface area (Å²) in [6.45, 7) is 8.55. The summed E-state index contributed by atoms with van der Waals surface area (Å²) in [7, 11) is 2.94. The van der Waals surface area contributed by atoms with Gasteiger partial charge in [-0.05, 0) is 80.5 Å². The Balaban J connectivity index is 1.61. The van der Waals surface area contributed by atoms with Crippen molar-refractivity contribution in [3.63, 3.8) is 0 Å². The van der Waals surface area contributed by atoms with Gasteiger partial charge in [-0.15, -0.1) is 0 Å². The highest BCUT2D eigenvalue weighted by molar-refractivity contribution is 6.25. The molecule has 0 radical (unpaired) electrons. The summed E-state index contributed by atoms with van der Waals surface area (Å²) in [5.41, 5.74) is 10.7. The number of amides is 1. The third-order valence-corrected chi connectivity index (χ3v) is 11.0. The van der Waals surface area contributed by atoms with E-state index in [-0.39, 0.29) is 43.6 Å². The fourth-order valence-corrected chi connectivity index (χ4v) is 7.41. The zero-order chi connectivity index (χ0) is 41.0. The predicted octanol–water partition coefficient (Wildman–Crippen LogP) is 2.28. The molecular formula is C41H55N5O10. The molecule has 2 aliphatic rings. The van der Waals surface area contributed by atoms with Crippen LogP contribution in [0.15, 0.2) is 18.2 Å². The highest BCUT2D eigenvalue weighted by Gasteiger charge is 2.33. The molecule has 0 saturated heterocycles. The van der Waals surface area contributed by atoms with Gasteiger partial charge in [-0.25, -0.2) is 9.78 Å². The molecule has 0 saturated carbocycles. The first-order valence-corrected chi connectivity index (χ1v) is 18.9. The number of nitrogens with zero attached hydrogens (tertiary/aromatic N) is 3. The molecule has 3 aromatic heterocycles. The van der Waals surface area contributed by atoms with Crippen LogP contribution in [0.4, 0.5) is 0 Å². The van der Waals surface area contributed by atoms with Gasteiger partial charge in [0.2, 0.25) is 5.91 Å². The predicted molar refractivity (Wildman–Crippen MR) is 210 cm³/mol. The second kappa shape index (κ2) is 18.2. The van der Waals surface area contributed by atoms with Crippen molar-refractivity contribution < 1.29 is 49.7 Å². The number of nitrogens with one attached hydrogen (secondary N) is 2. The molecule has 5 rings (SSSR count). The van der Waals surface area contributed by atoms with Crippen LogP contribution in [0.25, 0.3) is 33.2 Å². The van der Waals surface area contributed by atoms with Gasteiger partial charge >= 0.3 is 5.97 Å². The lowest BCUT2D eigenvalue weighted by Crippen LogP contribution is -2.48. The van der Waals surface area contributed by atoms with Gasteiger partial charge in [0.1, 0.15) is 24.4 Å². The van der Waals surface area contributed by atoms with Gasteiger partial charge < -0.3 is 55.0 Å². The maximum atomic E-state index is 14.0. The number of likely N-dealkylation sites (N-methyl/N-ethyl adjacent to an activating group) is 1. The second-order valence-electron chi connectivity index (χ2n) is 14.6. The van der Waals surface area contributed by atoms with Crippen LogP contribution in [0.3, 0.4) is 0 Å². The second-order valence-corrected chi connectivity index (χ2v) is 14.6. The first-order valence-electron chi connectivity index (χ1n) is 18.9. The lowest BCUT2D eigenvalue weighted by molar-refractivity contribution is -0.142. The molecule has 0 aliphatic carbocycles. The van der Waals surface area contributed by atoms with E-state index in [9.17, 15) is 35.1 Å². The highest BCUT2D eigenvalue weighted by Crippen LogP contribution is 2.37. The minimum absolute atomic E-state index is 0.00138. The van der Waals surface area contributed by atoms with Gasteiger partial charge in [-0.1, -0.05) is 13.8 Å². The average Bonchev–Trinajstić information content (AvgIpc) is 3.89. The summed E-state index contributed by atoms with van der Waals surface area (Å²) in [5.74, 6) is -0.921. The molecule has 5 atom stereocenters. The summed E-state index contributed by atoms with van der Waals surface area (Å²) < 4.78 is 10.8. The number of aliphatic hydroxyl groups is 6. The number of esters is 1. The normalized spacial score (nSPS) is 16.5. The number of ether oxygens (including phenoxy) is 2. The Hall–Kier alpha value is -4.48. The number of aromatic nitrogens is 4. The zero-order valence-corrected chi connectivity index (χ0v) is 33.1. The smallest absolute Gasteiger partial charge is 0.340 e. The van der Waals surface area contributed by atoms with E-state index < -0.39 is 43.6 Å². The first-order chi connectivity index (χ1) is 26.7. The van der Waals surface area contributed by atoms with Gasteiger partial charge in [0.25, 0.3) is 0 Å². The number of hydrogen-bond acceptors (Lipinski definition) is 12. The van der Waals surface area contributed by atoms with E-state index in [0.717, 1.165) is 56.4 Å². The van der Waals surface area contributed by atoms with Crippen molar-refractivity contribution in [2.75, 3.05) is 40.5 Å². The molecule has 304 valence electrons. The van der Waals surface area contributed by atoms with Crippen molar-refractivity contribution in [3.8, 4) is 0 Å². The summed E-state index contributed by atoms with van der Waals surface area (Å²) in [4.78, 5) is 46.2. The number of aliphatic hydroxyl groups excluding tert-OH is 6. The maximum Gasteiger partial charge on any atom is 0.340 e. The van der Waals surface area contributed by atoms with Crippen molar-refractivity contribution in [3.05, 3.63) is 68.8 Å². The molecule has 0 aromatic carbocycles. The number of aryl methyl sites for hydroxylation is 3. The number of fused-ring (bicyclic) bond motifs is 8. The van der Waals surface area contributed by atoms with Crippen molar-refractivity contribution in [2.45, 2.75) is 97.2 Å². The zero-order valence-electron chi connectivity index (χ0n) is 33.1.